The Hall–Kier alpha value is -3.15. The van der Waals surface area contributed by atoms with Crippen LogP contribution in [0, 0.1) is 0 Å². The van der Waals surface area contributed by atoms with Crippen molar-refractivity contribution in [3.05, 3.63) is 65.2 Å². The molecule has 1 N–H and O–H groups in total. The minimum absolute atomic E-state index is 0.0141. The maximum atomic E-state index is 12.3. The topological polar surface area (TPSA) is 73.2 Å². The van der Waals surface area contributed by atoms with Gasteiger partial charge in [-0.15, -0.1) is 0 Å². The zero-order valence-corrected chi connectivity index (χ0v) is 13.2. The Balaban J connectivity index is 1.66. The monoisotopic (exact) mass is 323 g/mol. The summed E-state index contributed by atoms with van der Waals surface area (Å²) in [6.07, 6.45) is 1.41. The molecular formula is C18H17N3O3. The maximum absolute atomic E-state index is 12.3. The number of methoxy groups -OCH3 is 1. The lowest BCUT2D eigenvalue weighted by molar-refractivity contribution is -0.118. The van der Waals surface area contributed by atoms with Crippen molar-refractivity contribution in [3.8, 4) is 5.75 Å². The van der Waals surface area contributed by atoms with Crippen LogP contribution in [0.4, 0.5) is 5.69 Å². The Morgan fingerprint density at radius 1 is 1.17 bits per heavy atom. The van der Waals surface area contributed by atoms with E-state index in [0.717, 1.165) is 11.4 Å². The molecule has 0 aliphatic heterocycles. The molecular weight excluding hydrogens is 306 g/mol. The standard InChI is InChI=1S/C18H17N3O3/c1-24-15-8-6-13(7-9-15)19-10-14(22)11-21-12-20-17-5-3-2-4-16(17)18(21)23/h2-9,12,19H,10-11H2,1H3. The minimum atomic E-state index is -0.210. The van der Waals surface area contributed by atoms with Crippen LogP contribution < -0.4 is 15.6 Å². The number of ketones is 1. The number of anilines is 1. The van der Waals surface area contributed by atoms with Crippen LogP contribution in [0.25, 0.3) is 10.9 Å². The minimum Gasteiger partial charge on any atom is -0.497 e. The Bertz CT molecular complexity index is 917. The summed E-state index contributed by atoms with van der Waals surface area (Å²) in [5.41, 5.74) is 1.23. The first-order valence-corrected chi connectivity index (χ1v) is 7.51. The molecule has 0 amide bonds. The number of para-hydroxylation sites is 1. The number of nitrogens with one attached hydrogen (secondary N) is 1. The maximum Gasteiger partial charge on any atom is 0.261 e. The number of hydrogen-bond acceptors (Lipinski definition) is 5. The zero-order chi connectivity index (χ0) is 16.9. The second-order valence-electron chi connectivity index (χ2n) is 5.32. The number of carbonyl (C=O) groups excluding carboxylic acids is 1. The molecule has 6 nitrogen and oxygen atoms in total. The number of Topliss-reactive ketones (excluding diaryl/α,β-unsaturated/α-hetero) is 1. The normalized spacial score (nSPS) is 10.5. The average molecular weight is 323 g/mol. The van der Waals surface area contributed by atoms with E-state index in [9.17, 15) is 9.59 Å². The fraction of sp³-hybridized carbons (Fsp3) is 0.167. The second kappa shape index (κ2) is 6.95. The summed E-state index contributed by atoms with van der Waals surface area (Å²) in [4.78, 5) is 28.7. The van der Waals surface area contributed by atoms with Crippen LogP contribution in [0.2, 0.25) is 0 Å². The van der Waals surface area contributed by atoms with E-state index >= 15 is 0 Å². The number of carbonyl (C=O) groups is 1. The third kappa shape index (κ3) is 3.43. The quantitative estimate of drug-likeness (QED) is 0.752. The van der Waals surface area contributed by atoms with Gasteiger partial charge < -0.3 is 10.1 Å². The highest BCUT2D eigenvalue weighted by Crippen LogP contribution is 2.14. The fourth-order valence-corrected chi connectivity index (χ4v) is 2.37. The zero-order valence-electron chi connectivity index (χ0n) is 13.2. The van der Waals surface area contributed by atoms with Crippen molar-refractivity contribution >= 4 is 22.4 Å². The molecule has 6 heteroatoms. The molecule has 2 aromatic carbocycles. The van der Waals surface area contributed by atoms with E-state index in [2.05, 4.69) is 10.3 Å². The second-order valence-corrected chi connectivity index (χ2v) is 5.32. The summed E-state index contributed by atoms with van der Waals surface area (Å²) in [6.45, 7) is 0.116. The molecule has 0 atom stereocenters. The van der Waals surface area contributed by atoms with E-state index in [4.69, 9.17) is 4.74 Å². The molecule has 0 fully saturated rings. The van der Waals surface area contributed by atoms with Crippen molar-refractivity contribution in [2.75, 3.05) is 19.0 Å². The van der Waals surface area contributed by atoms with E-state index < -0.39 is 0 Å². The predicted octanol–water partition coefficient (Wildman–Crippen LogP) is 2.09. The third-order valence-corrected chi connectivity index (χ3v) is 3.66. The summed E-state index contributed by atoms with van der Waals surface area (Å²) >= 11 is 0. The Morgan fingerprint density at radius 3 is 2.67 bits per heavy atom. The highest BCUT2D eigenvalue weighted by Gasteiger charge is 2.08. The Labute approximate surface area is 138 Å². The van der Waals surface area contributed by atoms with E-state index in [1.807, 2.05) is 30.3 Å². The van der Waals surface area contributed by atoms with Gasteiger partial charge in [0.05, 0.1) is 37.4 Å². The number of rotatable bonds is 6. The van der Waals surface area contributed by atoms with Gasteiger partial charge in [-0.25, -0.2) is 4.98 Å². The predicted molar refractivity (Wildman–Crippen MR) is 92.5 cm³/mol. The summed E-state index contributed by atoms with van der Waals surface area (Å²) in [7, 11) is 1.60. The first-order valence-electron chi connectivity index (χ1n) is 7.51. The molecule has 0 spiro atoms. The lowest BCUT2D eigenvalue weighted by Crippen LogP contribution is -2.27. The molecule has 1 aromatic heterocycles. The highest BCUT2D eigenvalue weighted by atomic mass is 16.5. The Kier molecular flexibility index (Phi) is 4.56. The van der Waals surface area contributed by atoms with Crippen LogP contribution in [0.5, 0.6) is 5.75 Å². The lowest BCUT2D eigenvalue weighted by atomic mass is 10.2. The van der Waals surface area contributed by atoms with Gasteiger partial charge in [0.2, 0.25) is 0 Å². The van der Waals surface area contributed by atoms with Gasteiger partial charge in [0.15, 0.2) is 5.78 Å². The number of ether oxygens (including phenoxy) is 1. The molecule has 1 heterocycles. The van der Waals surface area contributed by atoms with Crippen LogP contribution in [0.1, 0.15) is 0 Å². The molecule has 0 unspecified atom stereocenters. The van der Waals surface area contributed by atoms with Gasteiger partial charge in [-0.05, 0) is 36.4 Å². The summed E-state index contributed by atoms with van der Waals surface area (Å²) in [6, 6.07) is 14.4. The van der Waals surface area contributed by atoms with E-state index in [1.165, 1.54) is 10.9 Å². The molecule has 0 bridgehead atoms. The molecule has 0 radical (unpaired) electrons. The average Bonchev–Trinajstić information content (AvgIpc) is 2.63. The van der Waals surface area contributed by atoms with Gasteiger partial charge in [-0.1, -0.05) is 12.1 Å². The molecule has 3 aromatic rings. The van der Waals surface area contributed by atoms with Crippen LogP contribution >= 0.6 is 0 Å². The van der Waals surface area contributed by atoms with Crippen molar-refractivity contribution in [2.45, 2.75) is 6.54 Å². The van der Waals surface area contributed by atoms with Crippen LogP contribution in [-0.2, 0) is 11.3 Å². The summed E-state index contributed by atoms with van der Waals surface area (Å²) < 4.78 is 6.42. The van der Waals surface area contributed by atoms with Crippen molar-refractivity contribution in [1.82, 2.24) is 9.55 Å². The van der Waals surface area contributed by atoms with Gasteiger partial charge in [-0.3, -0.25) is 14.2 Å². The Morgan fingerprint density at radius 2 is 1.92 bits per heavy atom. The number of aromatic nitrogens is 2. The smallest absolute Gasteiger partial charge is 0.261 e. The van der Waals surface area contributed by atoms with Gasteiger partial charge in [0.25, 0.3) is 5.56 Å². The lowest BCUT2D eigenvalue weighted by Gasteiger charge is -2.08. The number of nitrogens with zero attached hydrogens (tertiary/aromatic N) is 2. The first kappa shape index (κ1) is 15.7. The van der Waals surface area contributed by atoms with Gasteiger partial charge >= 0.3 is 0 Å². The van der Waals surface area contributed by atoms with Crippen LogP contribution in [0.15, 0.2) is 59.7 Å². The summed E-state index contributed by atoms with van der Waals surface area (Å²) in [5, 5.41) is 3.54. The van der Waals surface area contributed by atoms with Gasteiger partial charge in [-0.2, -0.15) is 0 Å². The fourth-order valence-electron chi connectivity index (χ4n) is 2.37. The molecule has 0 saturated heterocycles. The van der Waals surface area contributed by atoms with E-state index in [1.54, 1.807) is 25.3 Å². The van der Waals surface area contributed by atoms with Crippen molar-refractivity contribution in [1.29, 1.82) is 0 Å². The van der Waals surface area contributed by atoms with Gasteiger partial charge in [0.1, 0.15) is 5.75 Å². The largest absolute Gasteiger partial charge is 0.497 e. The first-order chi connectivity index (χ1) is 11.7. The van der Waals surface area contributed by atoms with Gasteiger partial charge in [0, 0.05) is 5.69 Å². The van der Waals surface area contributed by atoms with Crippen molar-refractivity contribution in [3.63, 3.8) is 0 Å². The molecule has 0 aliphatic carbocycles. The molecule has 0 aliphatic rings. The van der Waals surface area contributed by atoms with E-state index in [0.29, 0.717) is 10.9 Å². The van der Waals surface area contributed by atoms with Crippen LogP contribution in [-0.4, -0.2) is 29.0 Å². The molecule has 122 valence electrons. The SMILES string of the molecule is COc1ccc(NCC(=O)Cn2cnc3ccccc3c2=O)cc1. The molecule has 3 rings (SSSR count). The number of hydrogen-bond donors (Lipinski definition) is 1. The molecule has 0 saturated carbocycles. The van der Waals surface area contributed by atoms with Crippen LogP contribution in [0.3, 0.4) is 0 Å². The van der Waals surface area contributed by atoms with Crippen molar-refractivity contribution in [2.24, 2.45) is 0 Å². The molecule has 24 heavy (non-hydrogen) atoms. The van der Waals surface area contributed by atoms with E-state index in [-0.39, 0.29) is 24.4 Å². The third-order valence-electron chi connectivity index (χ3n) is 3.66. The van der Waals surface area contributed by atoms with Crippen molar-refractivity contribution < 1.29 is 9.53 Å². The number of fused-ring (bicyclic) bond motifs is 1. The highest BCUT2D eigenvalue weighted by molar-refractivity contribution is 5.83. The number of benzene rings is 2. The summed E-state index contributed by atoms with van der Waals surface area (Å²) in [5.74, 6) is 0.644.